The van der Waals surface area contributed by atoms with E-state index in [2.05, 4.69) is 24.1 Å². The van der Waals surface area contributed by atoms with Crippen molar-refractivity contribution in [2.75, 3.05) is 18.5 Å². The van der Waals surface area contributed by atoms with Gasteiger partial charge in [-0.25, -0.2) is 0 Å². The number of nitrogens with zero attached hydrogens (tertiary/aromatic N) is 2. The van der Waals surface area contributed by atoms with E-state index < -0.39 is 0 Å². The van der Waals surface area contributed by atoms with Crippen LogP contribution in [0.15, 0.2) is 18.3 Å². The van der Waals surface area contributed by atoms with Crippen LogP contribution in [0.2, 0.25) is 0 Å². The Bertz CT molecular complexity index is 361. The van der Waals surface area contributed by atoms with E-state index in [0.29, 0.717) is 12.6 Å². The first-order valence-corrected chi connectivity index (χ1v) is 5.97. The second-order valence-electron chi connectivity index (χ2n) is 4.30. The van der Waals surface area contributed by atoms with Gasteiger partial charge < -0.3 is 10.2 Å². The molecule has 0 radical (unpaired) electrons. The fourth-order valence-electron chi connectivity index (χ4n) is 1.33. The number of rotatable bonds is 5. The minimum atomic E-state index is 0.0518. The Hall–Kier alpha value is -1.42. The zero-order chi connectivity index (χ0) is 12.8. The summed E-state index contributed by atoms with van der Waals surface area (Å²) >= 11 is 0. The third kappa shape index (κ3) is 4.15. The zero-order valence-electron chi connectivity index (χ0n) is 11.0. The standard InChI is InChI=1S/C13H21N3O/c1-5-10(2)15-9-13(17)16(4)12-7-6-11(3)14-8-12/h6-8,10,15H,5,9H2,1-4H3. The van der Waals surface area contributed by atoms with Crippen molar-refractivity contribution in [2.45, 2.75) is 33.2 Å². The van der Waals surface area contributed by atoms with Crippen molar-refractivity contribution in [1.29, 1.82) is 0 Å². The van der Waals surface area contributed by atoms with Gasteiger partial charge in [0.25, 0.3) is 0 Å². The predicted octanol–water partition coefficient (Wildman–Crippen LogP) is 1.74. The summed E-state index contributed by atoms with van der Waals surface area (Å²) in [5.41, 5.74) is 1.78. The molecule has 17 heavy (non-hydrogen) atoms. The van der Waals surface area contributed by atoms with Crippen LogP contribution in [0.5, 0.6) is 0 Å². The highest BCUT2D eigenvalue weighted by Gasteiger charge is 2.11. The maximum absolute atomic E-state index is 11.9. The Morgan fingerprint density at radius 2 is 2.24 bits per heavy atom. The molecule has 0 aromatic carbocycles. The molecular weight excluding hydrogens is 214 g/mol. The Morgan fingerprint density at radius 1 is 1.53 bits per heavy atom. The molecule has 0 fully saturated rings. The molecule has 94 valence electrons. The first-order chi connectivity index (χ1) is 8.04. The number of carbonyl (C=O) groups excluding carboxylic acids is 1. The topological polar surface area (TPSA) is 45.2 Å². The van der Waals surface area contributed by atoms with Gasteiger partial charge in [-0.2, -0.15) is 0 Å². The van der Waals surface area contributed by atoms with Crippen molar-refractivity contribution in [2.24, 2.45) is 0 Å². The van der Waals surface area contributed by atoms with Gasteiger partial charge in [0.2, 0.25) is 5.91 Å². The molecule has 4 nitrogen and oxygen atoms in total. The van der Waals surface area contributed by atoms with Crippen LogP contribution in [0.4, 0.5) is 5.69 Å². The van der Waals surface area contributed by atoms with Crippen LogP contribution in [-0.4, -0.2) is 30.5 Å². The van der Waals surface area contributed by atoms with Gasteiger partial charge in [0.05, 0.1) is 18.4 Å². The minimum Gasteiger partial charge on any atom is -0.313 e. The number of amides is 1. The third-order valence-electron chi connectivity index (χ3n) is 2.87. The lowest BCUT2D eigenvalue weighted by Crippen LogP contribution is -2.38. The normalized spacial score (nSPS) is 12.2. The highest BCUT2D eigenvalue weighted by Crippen LogP contribution is 2.10. The molecule has 1 atom stereocenters. The Labute approximate surface area is 103 Å². The van der Waals surface area contributed by atoms with Gasteiger partial charge in [-0.3, -0.25) is 9.78 Å². The van der Waals surface area contributed by atoms with Crippen LogP contribution in [0.3, 0.4) is 0 Å². The molecule has 1 N–H and O–H groups in total. The molecule has 1 aromatic rings. The van der Waals surface area contributed by atoms with Crippen LogP contribution in [0, 0.1) is 6.92 Å². The highest BCUT2D eigenvalue weighted by atomic mass is 16.2. The van der Waals surface area contributed by atoms with E-state index in [-0.39, 0.29) is 5.91 Å². The van der Waals surface area contributed by atoms with Crippen molar-refractivity contribution in [3.05, 3.63) is 24.0 Å². The molecule has 1 amide bonds. The van der Waals surface area contributed by atoms with E-state index in [4.69, 9.17) is 0 Å². The smallest absolute Gasteiger partial charge is 0.240 e. The van der Waals surface area contributed by atoms with Crippen LogP contribution in [0.1, 0.15) is 26.0 Å². The fourth-order valence-corrected chi connectivity index (χ4v) is 1.33. The second kappa shape index (κ2) is 6.35. The molecule has 4 heteroatoms. The molecule has 0 saturated heterocycles. The predicted molar refractivity (Wildman–Crippen MR) is 70.1 cm³/mol. The van der Waals surface area contributed by atoms with Gasteiger partial charge in [-0.05, 0) is 32.4 Å². The van der Waals surface area contributed by atoms with Crippen LogP contribution in [-0.2, 0) is 4.79 Å². The molecule has 0 aliphatic carbocycles. The number of hydrogen-bond donors (Lipinski definition) is 1. The van der Waals surface area contributed by atoms with Gasteiger partial charge in [-0.1, -0.05) is 6.92 Å². The second-order valence-corrected chi connectivity index (χ2v) is 4.30. The first kappa shape index (κ1) is 13.6. The van der Waals surface area contributed by atoms with Crippen molar-refractivity contribution in [3.8, 4) is 0 Å². The monoisotopic (exact) mass is 235 g/mol. The number of carbonyl (C=O) groups is 1. The molecule has 0 aliphatic rings. The number of aromatic nitrogens is 1. The summed E-state index contributed by atoms with van der Waals surface area (Å²) in [6.07, 6.45) is 2.74. The molecule has 1 heterocycles. The maximum atomic E-state index is 11.9. The number of hydrogen-bond acceptors (Lipinski definition) is 3. The van der Waals surface area contributed by atoms with E-state index in [9.17, 15) is 4.79 Å². The maximum Gasteiger partial charge on any atom is 0.240 e. The Balaban J connectivity index is 2.54. The quantitative estimate of drug-likeness (QED) is 0.845. The zero-order valence-corrected chi connectivity index (χ0v) is 11.0. The van der Waals surface area contributed by atoms with Gasteiger partial charge in [0.15, 0.2) is 0 Å². The molecule has 0 spiro atoms. The summed E-state index contributed by atoms with van der Waals surface area (Å²) in [5.74, 6) is 0.0518. The highest BCUT2D eigenvalue weighted by molar-refractivity contribution is 5.94. The minimum absolute atomic E-state index is 0.0518. The summed E-state index contributed by atoms with van der Waals surface area (Å²) in [5, 5.41) is 3.18. The lowest BCUT2D eigenvalue weighted by Gasteiger charge is -2.19. The Kier molecular flexibility index (Phi) is 5.10. The lowest BCUT2D eigenvalue weighted by molar-refractivity contribution is -0.117. The SMILES string of the molecule is CCC(C)NCC(=O)N(C)c1ccc(C)nc1. The molecular formula is C13H21N3O. The van der Waals surface area contributed by atoms with E-state index in [1.807, 2.05) is 19.1 Å². The summed E-state index contributed by atoms with van der Waals surface area (Å²) in [4.78, 5) is 17.7. The molecule has 0 aliphatic heterocycles. The number of anilines is 1. The number of likely N-dealkylation sites (N-methyl/N-ethyl adjacent to an activating group) is 1. The molecule has 1 unspecified atom stereocenters. The number of pyridine rings is 1. The van der Waals surface area contributed by atoms with Crippen molar-refractivity contribution in [3.63, 3.8) is 0 Å². The lowest BCUT2D eigenvalue weighted by atomic mass is 10.2. The van der Waals surface area contributed by atoms with Crippen LogP contribution in [0.25, 0.3) is 0 Å². The van der Waals surface area contributed by atoms with Gasteiger partial charge >= 0.3 is 0 Å². The number of aryl methyl sites for hydroxylation is 1. The molecule has 1 aromatic heterocycles. The molecule has 0 bridgehead atoms. The summed E-state index contributed by atoms with van der Waals surface area (Å²) in [6.45, 7) is 6.45. The van der Waals surface area contributed by atoms with E-state index in [1.165, 1.54) is 0 Å². The van der Waals surface area contributed by atoms with E-state index in [1.54, 1.807) is 18.1 Å². The van der Waals surface area contributed by atoms with Gasteiger partial charge in [0, 0.05) is 18.8 Å². The van der Waals surface area contributed by atoms with Gasteiger partial charge in [-0.15, -0.1) is 0 Å². The summed E-state index contributed by atoms with van der Waals surface area (Å²) < 4.78 is 0. The average molecular weight is 235 g/mol. The van der Waals surface area contributed by atoms with Crippen molar-refractivity contribution >= 4 is 11.6 Å². The largest absolute Gasteiger partial charge is 0.313 e. The third-order valence-corrected chi connectivity index (χ3v) is 2.87. The molecule has 1 rings (SSSR count). The Morgan fingerprint density at radius 3 is 2.76 bits per heavy atom. The van der Waals surface area contributed by atoms with E-state index >= 15 is 0 Å². The van der Waals surface area contributed by atoms with Crippen molar-refractivity contribution < 1.29 is 4.79 Å². The van der Waals surface area contributed by atoms with E-state index in [0.717, 1.165) is 17.8 Å². The van der Waals surface area contributed by atoms with Crippen LogP contribution < -0.4 is 10.2 Å². The fraction of sp³-hybridized carbons (Fsp3) is 0.538. The van der Waals surface area contributed by atoms with Crippen LogP contribution >= 0.6 is 0 Å². The summed E-state index contributed by atoms with van der Waals surface area (Å²) in [6, 6.07) is 4.17. The average Bonchev–Trinajstić information content (AvgIpc) is 2.35. The first-order valence-electron chi connectivity index (χ1n) is 5.97. The number of nitrogens with one attached hydrogen (secondary N) is 1. The molecule has 0 saturated carbocycles. The summed E-state index contributed by atoms with van der Waals surface area (Å²) in [7, 11) is 1.77. The van der Waals surface area contributed by atoms with Crippen molar-refractivity contribution in [1.82, 2.24) is 10.3 Å². The van der Waals surface area contributed by atoms with Gasteiger partial charge in [0.1, 0.15) is 0 Å².